The summed E-state index contributed by atoms with van der Waals surface area (Å²) >= 11 is 0. The Labute approximate surface area is 224 Å². The van der Waals surface area contributed by atoms with E-state index < -0.39 is 11.2 Å². The van der Waals surface area contributed by atoms with Crippen molar-refractivity contribution in [3.8, 4) is 11.4 Å². The summed E-state index contributed by atoms with van der Waals surface area (Å²) < 4.78 is 8.53. The third-order valence-corrected chi connectivity index (χ3v) is 6.45. The number of fused-ring (bicyclic) bond motifs is 1. The maximum absolute atomic E-state index is 12.8. The highest BCUT2D eigenvalue weighted by Crippen LogP contribution is 2.22. The normalized spacial score (nSPS) is 11.3. The second-order valence-corrected chi connectivity index (χ2v) is 9.14. The van der Waals surface area contributed by atoms with Gasteiger partial charge in [-0.1, -0.05) is 30.3 Å². The quantitative estimate of drug-likeness (QED) is 0.311. The van der Waals surface area contributed by atoms with Crippen molar-refractivity contribution in [1.82, 2.24) is 14.2 Å². The largest absolute Gasteiger partial charge is 0.484 e. The van der Waals surface area contributed by atoms with Gasteiger partial charge in [0.2, 0.25) is 0 Å². The minimum Gasteiger partial charge on any atom is -0.484 e. The summed E-state index contributed by atoms with van der Waals surface area (Å²) in [7, 11) is 0. The molecule has 0 atom stereocenters. The molecule has 0 bridgehead atoms. The molecule has 9 heteroatoms. The number of hydrogen-bond donors (Lipinski definition) is 2. The Morgan fingerprint density at radius 2 is 1.69 bits per heavy atom. The summed E-state index contributed by atoms with van der Waals surface area (Å²) in [6.07, 6.45) is 1.51. The van der Waals surface area contributed by atoms with Gasteiger partial charge in [0, 0.05) is 28.3 Å². The minimum absolute atomic E-state index is 0.108. The van der Waals surface area contributed by atoms with E-state index in [2.05, 4.69) is 15.4 Å². The molecule has 1 amide bonds. The molecule has 0 spiro atoms. The number of anilines is 1. The first-order chi connectivity index (χ1) is 18.8. The molecule has 9 nitrogen and oxygen atoms in total. The molecule has 0 aliphatic heterocycles. The van der Waals surface area contributed by atoms with Crippen molar-refractivity contribution in [2.45, 2.75) is 20.8 Å². The van der Waals surface area contributed by atoms with E-state index in [4.69, 9.17) is 4.74 Å². The van der Waals surface area contributed by atoms with Crippen LogP contribution in [0.4, 0.5) is 5.69 Å². The minimum atomic E-state index is -0.605. The summed E-state index contributed by atoms with van der Waals surface area (Å²) in [5, 5.41) is 7.42. The van der Waals surface area contributed by atoms with Crippen molar-refractivity contribution < 1.29 is 9.53 Å². The zero-order valence-electron chi connectivity index (χ0n) is 21.8. The van der Waals surface area contributed by atoms with Gasteiger partial charge in [0.15, 0.2) is 6.61 Å². The van der Waals surface area contributed by atoms with Crippen LogP contribution in [0.2, 0.25) is 0 Å². The number of aromatic nitrogens is 3. The molecule has 5 aromatic rings. The summed E-state index contributed by atoms with van der Waals surface area (Å²) in [6, 6.07) is 23.7. The lowest BCUT2D eigenvalue weighted by Crippen LogP contribution is -2.32. The highest BCUT2D eigenvalue weighted by Gasteiger charge is 2.12. The molecule has 5 rings (SSSR count). The number of ether oxygens (including phenoxy) is 1. The van der Waals surface area contributed by atoms with Gasteiger partial charge in [-0.25, -0.2) is 4.79 Å². The molecule has 0 unspecified atom stereocenters. The van der Waals surface area contributed by atoms with E-state index in [0.29, 0.717) is 16.7 Å². The molecule has 0 saturated heterocycles. The van der Waals surface area contributed by atoms with E-state index in [0.717, 1.165) is 38.6 Å². The highest BCUT2D eigenvalue weighted by atomic mass is 16.5. The number of nitrogens with one attached hydrogen (secondary N) is 2. The Morgan fingerprint density at radius 1 is 0.974 bits per heavy atom. The predicted molar refractivity (Wildman–Crippen MR) is 152 cm³/mol. The van der Waals surface area contributed by atoms with Crippen LogP contribution in [-0.2, 0) is 4.79 Å². The molecule has 2 aromatic heterocycles. The van der Waals surface area contributed by atoms with Crippen molar-refractivity contribution in [1.29, 1.82) is 0 Å². The number of rotatable bonds is 7. The molecule has 0 aliphatic rings. The molecular weight excluding hydrogens is 494 g/mol. The van der Waals surface area contributed by atoms with Gasteiger partial charge in [-0.05, 0) is 74.9 Å². The topological polar surface area (TPSA) is 110 Å². The third kappa shape index (κ3) is 5.28. The monoisotopic (exact) mass is 521 g/mol. The van der Waals surface area contributed by atoms with Gasteiger partial charge >= 0.3 is 5.69 Å². The first kappa shape index (κ1) is 25.5. The number of hydrogen-bond acceptors (Lipinski definition) is 5. The SMILES string of the molecule is Cc1ccccc1NC(=O)COc1ccc(-n2c(C)cc(C=Nn3c(=O)[nH]c4ccccc4c3=O)c2C)cc1. The van der Waals surface area contributed by atoms with Crippen LogP contribution in [0.1, 0.15) is 22.5 Å². The number of amides is 1. The fourth-order valence-corrected chi connectivity index (χ4v) is 4.43. The number of nitrogens with zero attached hydrogens (tertiary/aromatic N) is 3. The zero-order chi connectivity index (χ0) is 27.5. The average molecular weight is 522 g/mol. The summed E-state index contributed by atoms with van der Waals surface area (Å²) in [5.74, 6) is 0.330. The Kier molecular flexibility index (Phi) is 6.96. The lowest BCUT2D eigenvalue weighted by molar-refractivity contribution is -0.118. The molecule has 196 valence electrons. The van der Waals surface area contributed by atoms with Crippen molar-refractivity contribution in [2.75, 3.05) is 11.9 Å². The van der Waals surface area contributed by atoms with Gasteiger partial charge < -0.3 is 19.6 Å². The fraction of sp³-hybridized carbons (Fsp3) is 0.133. The molecule has 3 aromatic carbocycles. The van der Waals surface area contributed by atoms with Gasteiger partial charge in [0.1, 0.15) is 5.75 Å². The molecule has 39 heavy (non-hydrogen) atoms. The number of para-hydroxylation sites is 2. The van der Waals surface area contributed by atoms with E-state index in [1.54, 1.807) is 36.4 Å². The second kappa shape index (κ2) is 10.7. The van der Waals surface area contributed by atoms with Gasteiger partial charge in [0.05, 0.1) is 17.1 Å². The number of carbonyl (C=O) groups is 1. The molecule has 0 fully saturated rings. The van der Waals surface area contributed by atoms with Crippen LogP contribution < -0.4 is 21.3 Å². The number of aromatic amines is 1. The number of H-pyrrole nitrogens is 1. The maximum atomic E-state index is 12.8. The molecule has 2 N–H and O–H groups in total. The summed E-state index contributed by atoms with van der Waals surface area (Å²) in [4.78, 5) is 40.2. The molecule has 2 heterocycles. The standard InChI is InChI=1S/C30H27N5O4/c1-19-8-4-6-10-26(19)32-28(36)18-39-24-14-12-23(13-15-24)34-20(2)16-22(21(34)3)17-31-35-29(37)25-9-5-7-11-27(25)33-30(35)38/h4-17H,18H2,1-3H3,(H,32,36)(H,33,38). The van der Waals surface area contributed by atoms with Crippen molar-refractivity contribution in [3.05, 3.63) is 122 Å². The maximum Gasteiger partial charge on any atom is 0.349 e. The second-order valence-electron chi connectivity index (χ2n) is 9.14. The average Bonchev–Trinajstić information content (AvgIpc) is 3.21. The Bertz CT molecular complexity index is 1830. The number of benzene rings is 3. The van der Waals surface area contributed by atoms with E-state index >= 15 is 0 Å². The van der Waals surface area contributed by atoms with Gasteiger partial charge in [-0.15, -0.1) is 4.68 Å². The van der Waals surface area contributed by atoms with Crippen LogP contribution >= 0.6 is 0 Å². The van der Waals surface area contributed by atoms with Crippen LogP contribution in [0.15, 0.2) is 93.6 Å². The fourth-order valence-electron chi connectivity index (χ4n) is 4.43. The zero-order valence-corrected chi connectivity index (χ0v) is 21.8. The molecular formula is C30H27N5O4. The highest BCUT2D eigenvalue weighted by molar-refractivity contribution is 5.92. The van der Waals surface area contributed by atoms with Crippen LogP contribution in [0.5, 0.6) is 5.75 Å². The van der Waals surface area contributed by atoms with Gasteiger partial charge in [0.25, 0.3) is 11.5 Å². The van der Waals surface area contributed by atoms with Crippen LogP contribution in [0.25, 0.3) is 16.6 Å². The summed E-state index contributed by atoms with van der Waals surface area (Å²) in [5.41, 5.74) is 4.60. The molecule has 0 radical (unpaired) electrons. The Morgan fingerprint density at radius 3 is 2.46 bits per heavy atom. The lowest BCUT2D eigenvalue weighted by atomic mass is 10.2. The number of carbonyl (C=O) groups excluding carboxylic acids is 1. The molecule has 0 aliphatic carbocycles. The van der Waals surface area contributed by atoms with Crippen molar-refractivity contribution in [3.63, 3.8) is 0 Å². The van der Waals surface area contributed by atoms with E-state index in [1.807, 2.05) is 67.8 Å². The first-order valence-corrected chi connectivity index (χ1v) is 12.4. The van der Waals surface area contributed by atoms with E-state index in [1.165, 1.54) is 6.21 Å². The third-order valence-electron chi connectivity index (χ3n) is 6.45. The van der Waals surface area contributed by atoms with E-state index in [9.17, 15) is 14.4 Å². The van der Waals surface area contributed by atoms with Crippen molar-refractivity contribution >= 4 is 28.7 Å². The Hall–Kier alpha value is -5.18. The van der Waals surface area contributed by atoms with Gasteiger partial charge in [-0.3, -0.25) is 9.59 Å². The smallest absolute Gasteiger partial charge is 0.349 e. The van der Waals surface area contributed by atoms with E-state index in [-0.39, 0.29) is 12.5 Å². The Balaban J connectivity index is 1.31. The van der Waals surface area contributed by atoms with Crippen LogP contribution in [0, 0.1) is 20.8 Å². The number of aryl methyl sites for hydroxylation is 2. The van der Waals surface area contributed by atoms with Crippen LogP contribution in [-0.4, -0.2) is 33.0 Å². The lowest BCUT2D eigenvalue weighted by Gasteiger charge is -2.12. The van der Waals surface area contributed by atoms with Crippen LogP contribution in [0.3, 0.4) is 0 Å². The summed E-state index contributed by atoms with van der Waals surface area (Å²) in [6.45, 7) is 5.71. The van der Waals surface area contributed by atoms with Crippen molar-refractivity contribution in [2.24, 2.45) is 5.10 Å². The predicted octanol–water partition coefficient (Wildman–Crippen LogP) is 4.31. The molecule has 0 saturated carbocycles. The first-order valence-electron chi connectivity index (χ1n) is 12.4. The van der Waals surface area contributed by atoms with Gasteiger partial charge in [-0.2, -0.15) is 5.10 Å².